The van der Waals surface area contributed by atoms with Gasteiger partial charge in [0.1, 0.15) is 5.82 Å². The SMILES string of the molecule is O=C(CSc1ncc2ccccn12)Nc1ccccc1F. The lowest BCUT2D eigenvalue weighted by atomic mass is 10.3. The van der Waals surface area contributed by atoms with Crippen LogP contribution in [0, 0.1) is 5.82 Å². The van der Waals surface area contributed by atoms with Crippen molar-refractivity contribution in [3.8, 4) is 0 Å². The van der Waals surface area contributed by atoms with Crippen molar-refractivity contribution in [2.75, 3.05) is 11.1 Å². The van der Waals surface area contributed by atoms with E-state index in [1.165, 1.54) is 23.9 Å². The molecule has 0 unspecified atom stereocenters. The number of imidazole rings is 1. The molecule has 0 aliphatic carbocycles. The lowest BCUT2D eigenvalue weighted by Crippen LogP contribution is -2.15. The molecule has 0 bridgehead atoms. The second-order valence-corrected chi connectivity index (χ2v) is 5.30. The third kappa shape index (κ3) is 3.05. The summed E-state index contributed by atoms with van der Waals surface area (Å²) < 4.78 is 15.3. The first-order chi connectivity index (χ1) is 10.2. The molecule has 2 heterocycles. The summed E-state index contributed by atoms with van der Waals surface area (Å²) in [5, 5.41) is 3.28. The zero-order chi connectivity index (χ0) is 14.7. The average Bonchev–Trinajstić information content (AvgIpc) is 2.91. The molecule has 4 nitrogen and oxygen atoms in total. The minimum atomic E-state index is -0.442. The van der Waals surface area contributed by atoms with E-state index in [1.54, 1.807) is 18.3 Å². The van der Waals surface area contributed by atoms with Crippen molar-refractivity contribution >= 4 is 28.9 Å². The minimum absolute atomic E-state index is 0.169. The van der Waals surface area contributed by atoms with Crippen molar-refractivity contribution in [1.82, 2.24) is 9.38 Å². The smallest absolute Gasteiger partial charge is 0.234 e. The van der Waals surface area contributed by atoms with Gasteiger partial charge in [0, 0.05) is 6.20 Å². The maximum atomic E-state index is 13.4. The molecule has 0 aliphatic heterocycles. The third-order valence-corrected chi connectivity index (χ3v) is 3.85. The van der Waals surface area contributed by atoms with Crippen molar-refractivity contribution in [2.24, 2.45) is 0 Å². The first kappa shape index (κ1) is 13.6. The van der Waals surface area contributed by atoms with Gasteiger partial charge in [0.05, 0.1) is 23.2 Å². The molecule has 3 rings (SSSR count). The van der Waals surface area contributed by atoms with Gasteiger partial charge in [-0.25, -0.2) is 9.37 Å². The molecule has 6 heteroatoms. The number of thioether (sulfide) groups is 1. The Labute approximate surface area is 125 Å². The van der Waals surface area contributed by atoms with E-state index < -0.39 is 5.82 Å². The molecule has 0 saturated carbocycles. The Hall–Kier alpha value is -2.34. The number of hydrogen-bond acceptors (Lipinski definition) is 3. The highest BCUT2D eigenvalue weighted by molar-refractivity contribution is 7.99. The van der Waals surface area contributed by atoms with Gasteiger partial charge in [0.15, 0.2) is 5.16 Å². The largest absolute Gasteiger partial charge is 0.323 e. The van der Waals surface area contributed by atoms with Crippen molar-refractivity contribution < 1.29 is 9.18 Å². The maximum absolute atomic E-state index is 13.4. The number of para-hydroxylation sites is 1. The first-order valence-electron chi connectivity index (χ1n) is 6.33. The number of hydrogen-bond donors (Lipinski definition) is 1. The number of benzene rings is 1. The second-order valence-electron chi connectivity index (χ2n) is 4.35. The fraction of sp³-hybridized carbons (Fsp3) is 0.0667. The van der Waals surface area contributed by atoms with E-state index >= 15 is 0 Å². The topological polar surface area (TPSA) is 46.4 Å². The van der Waals surface area contributed by atoms with Gasteiger partial charge >= 0.3 is 0 Å². The summed E-state index contributed by atoms with van der Waals surface area (Å²) in [4.78, 5) is 16.1. The Kier molecular flexibility index (Phi) is 3.87. The van der Waals surface area contributed by atoms with E-state index in [9.17, 15) is 9.18 Å². The summed E-state index contributed by atoms with van der Waals surface area (Å²) in [6.45, 7) is 0. The predicted molar refractivity (Wildman–Crippen MR) is 80.9 cm³/mol. The van der Waals surface area contributed by atoms with E-state index in [0.717, 1.165) is 10.7 Å². The fourth-order valence-corrected chi connectivity index (χ4v) is 2.67. The number of nitrogens with one attached hydrogen (secondary N) is 1. The Morgan fingerprint density at radius 3 is 2.90 bits per heavy atom. The van der Waals surface area contributed by atoms with Gasteiger partial charge in [-0.3, -0.25) is 9.20 Å². The molecule has 0 aliphatic rings. The third-order valence-electron chi connectivity index (χ3n) is 2.89. The number of amides is 1. The zero-order valence-electron chi connectivity index (χ0n) is 11.0. The monoisotopic (exact) mass is 301 g/mol. The highest BCUT2D eigenvalue weighted by Crippen LogP contribution is 2.19. The van der Waals surface area contributed by atoms with Gasteiger partial charge in [-0.05, 0) is 24.3 Å². The van der Waals surface area contributed by atoms with Crippen molar-refractivity contribution in [2.45, 2.75) is 5.16 Å². The molecule has 1 aromatic carbocycles. The number of fused-ring (bicyclic) bond motifs is 1. The Morgan fingerprint density at radius 2 is 2.05 bits per heavy atom. The van der Waals surface area contributed by atoms with Crippen molar-refractivity contribution in [3.05, 3.63) is 60.7 Å². The number of carbonyl (C=O) groups is 1. The summed E-state index contributed by atoms with van der Waals surface area (Å²) in [7, 11) is 0. The molecule has 21 heavy (non-hydrogen) atoms. The summed E-state index contributed by atoms with van der Waals surface area (Å²) in [6, 6.07) is 11.9. The zero-order valence-corrected chi connectivity index (χ0v) is 11.8. The van der Waals surface area contributed by atoms with Crippen LogP contribution < -0.4 is 5.32 Å². The van der Waals surface area contributed by atoms with Crippen LogP contribution >= 0.6 is 11.8 Å². The van der Waals surface area contributed by atoms with Gasteiger partial charge in [-0.1, -0.05) is 30.0 Å². The van der Waals surface area contributed by atoms with Crippen LogP contribution in [-0.4, -0.2) is 21.0 Å². The molecule has 0 radical (unpaired) electrons. The molecule has 0 spiro atoms. The van der Waals surface area contributed by atoms with Gasteiger partial charge in [0.2, 0.25) is 5.91 Å². The average molecular weight is 301 g/mol. The Bertz CT molecular complexity index is 787. The van der Waals surface area contributed by atoms with Gasteiger partial charge in [-0.2, -0.15) is 0 Å². The number of aromatic nitrogens is 2. The molecule has 1 N–H and O–H groups in total. The summed E-state index contributed by atoms with van der Waals surface area (Å²) in [6.07, 6.45) is 3.64. The maximum Gasteiger partial charge on any atom is 0.234 e. The highest BCUT2D eigenvalue weighted by atomic mass is 32.2. The van der Waals surface area contributed by atoms with Crippen LogP contribution in [0.1, 0.15) is 0 Å². The van der Waals surface area contributed by atoms with Crippen LogP contribution in [0.5, 0.6) is 0 Å². The molecule has 3 aromatic rings. The number of halogens is 1. The van der Waals surface area contributed by atoms with E-state index in [0.29, 0.717) is 0 Å². The minimum Gasteiger partial charge on any atom is -0.323 e. The van der Waals surface area contributed by atoms with Crippen LogP contribution in [0.2, 0.25) is 0 Å². The number of anilines is 1. The quantitative estimate of drug-likeness (QED) is 0.753. The summed E-state index contributed by atoms with van der Waals surface area (Å²) in [5.41, 5.74) is 1.16. The normalized spacial score (nSPS) is 10.7. The van der Waals surface area contributed by atoms with E-state index in [4.69, 9.17) is 0 Å². The standard InChI is InChI=1S/C15H12FN3OS/c16-12-6-1-2-7-13(12)18-14(20)10-21-15-17-9-11-5-3-4-8-19(11)15/h1-9H,10H2,(H,18,20). The van der Waals surface area contributed by atoms with E-state index in [-0.39, 0.29) is 17.3 Å². The van der Waals surface area contributed by atoms with Gasteiger partial charge < -0.3 is 5.32 Å². The van der Waals surface area contributed by atoms with Crippen LogP contribution in [0.15, 0.2) is 60.0 Å². The molecular weight excluding hydrogens is 289 g/mol. The van der Waals surface area contributed by atoms with E-state index in [1.807, 2.05) is 28.8 Å². The van der Waals surface area contributed by atoms with Gasteiger partial charge in [-0.15, -0.1) is 0 Å². The number of carbonyl (C=O) groups excluding carboxylic acids is 1. The Balaban J connectivity index is 1.65. The lowest BCUT2D eigenvalue weighted by Gasteiger charge is -2.05. The molecule has 106 valence electrons. The first-order valence-corrected chi connectivity index (χ1v) is 7.32. The summed E-state index contributed by atoms with van der Waals surface area (Å²) >= 11 is 1.31. The van der Waals surface area contributed by atoms with Crippen LogP contribution in [-0.2, 0) is 4.79 Å². The molecular formula is C15H12FN3OS. The fourth-order valence-electron chi connectivity index (χ4n) is 1.91. The Morgan fingerprint density at radius 1 is 1.24 bits per heavy atom. The molecule has 2 aromatic heterocycles. The number of rotatable bonds is 4. The summed E-state index contributed by atoms with van der Waals surface area (Å²) in [5.74, 6) is -0.539. The van der Waals surface area contributed by atoms with Crippen molar-refractivity contribution in [3.63, 3.8) is 0 Å². The lowest BCUT2D eigenvalue weighted by molar-refractivity contribution is -0.113. The second kappa shape index (κ2) is 5.97. The van der Waals surface area contributed by atoms with Crippen LogP contribution in [0.3, 0.4) is 0 Å². The van der Waals surface area contributed by atoms with Gasteiger partial charge in [0.25, 0.3) is 0 Å². The number of pyridine rings is 1. The molecule has 0 fully saturated rings. The van der Waals surface area contributed by atoms with Crippen LogP contribution in [0.4, 0.5) is 10.1 Å². The molecule has 0 atom stereocenters. The van der Waals surface area contributed by atoms with Crippen LogP contribution in [0.25, 0.3) is 5.52 Å². The van der Waals surface area contributed by atoms with E-state index in [2.05, 4.69) is 10.3 Å². The molecule has 1 amide bonds. The number of nitrogens with zero attached hydrogens (tertiary/aromatic N) is 2. The predicted octanol–water partition coefficient (Wildman–Crippen LogP) is 3.20. The molecule has 0 saturated heterocycles. The van der Waals surface area contributed by atoms with Crippen molar-refractivity contribution in [1.29, 1.82) is 0 Å². The highest BCUT2D eigenvalue weighted by Gasteiger charge is 2.09.